The third kappa shape index (κ3) is 0.993. The van der Waals surface area contributed by atoms with Gasteiger partial charge in [0.15, 0.2) is 0 Å². The van der Waals surface area contributed by atoms with Crippen LogP contribution in [0.5, 0.6) is 0 Å². The lowest BCUT2D eigenvalue weighted by molar-refractivity contribution is 0.715. The van der Waals surface area contributed by atoms with E-state index in [1.165, 1.54) is 0 Å². The zero-order valence-electron chi connectivity index (χ0n) is 6.68. The second-order valence-corrected chi connectivity index (χ2v) is 3.58. The van der Waals surface area contributed by atoms with Crippen LogP contribution in [0.1, 0.15) is 23.6 Å². The standard InChI is InChI=1S/C9H11ClN2/c10-6-2-4-8(12)9-5(6)1-3-7(9)11/h2,4,7H,1,3,11-12H2/t7-/m0/s1. The van der Waals surface area contributed by atoms with Crippen molar-refractivity contribution in [2.45, 2.75) is 18.9 Å². The van der Waals surface area contributed by atoms with Crippen molar-refractivity contribution in [2.24, 2.45) is 5.73 Å². The minimum absolute atomic E-state index is 0.0821. The van der Waals surface area contributed by atoms with Gasteiger partial charge >= 0.3 is 0 Å². The van der Waals surface area contributed by atoms with Gasteiger partial charge in [-0.3, -0.25) is 0 Å². The van der Waals surface area contributed by atoms with E-state index in [1.807, 2.05) is 12.1 Å². The molecule has 0 fully saturated rings. The van der Waals surface area contributed by atoms with E-state index in [1.54, 1.807) is 0 Å². The Labute approximate surface area is 76.5 Å². The normalized spacial score (nSPS) is 21.0. The van der Waals surface area contributed by atoms with Crippen molar-refractivity contribution in [3.05, 3.63) is 28.3 Å². The topological polar surface area (TPSA) is 52.0 Å². The van der Waals surface area contributed by atoms with E-state index in [2.05, 4.69) is 0 Å². The lowest BCUT2D eigenvalue weighted by atomic mass is 10.1. The molecule has 1 aromatic carbocycles. The zero-order valence-corrected chi connectivity index (χ0v) is 7.43. The highest BCUT2D eigenvalue weighted by Gasteiger charge is 2.23. The van der Waals surface area contributed by atoms with Gasteiger partial charge in [-0.25, -0.2) is 0 Å². The summed E-state index contributed by atoms with van der Waals surface area (Å²) in [5.41, 5.74) is 14.6. The summed E-state index contributed by atoms with van der Waals surface area (Å²) in [6.45, 7) is 0. The quantitative estimate of drug-likeness (QED) is 0.602. The summed E-state index contributed by atoms with van der Waals surface area (Å²) in [6, 6.07) is 3.75. The Morgan fingerprint density at radius 1 is 1.42 bits per heavy atom. The highest BCUT2D eigenvalue weighted by atomic mass is 35.5. The molecule has 1 aliphatic carbocycles. The van der Waals surface area contributed by atoms with Crippen LogP contribution in [0.15, 0.2) is 12.1 Å². The number of nitrogens with two attached hydrogens (primary N) is 2. The summed E-state index contributed by atoms with van der Waals surface area (Å²) in [4.78, 5) is 0. The Balaban J connectivity index is 2.64. The van der Waals surface area contributed by atoms with E-state index in [9.17, 15) is 0 Å². The van der Waals surface area contributed by atoms with Gasteiger partial charge < -0.3 is 11.5 Å². The smallest absolute Gasteiger partial charge is 0.0442 e. The summed E-state index contributed by atoms with van der Waals surface area (Å²) in [7, 11) is 0. The average molecular weight is 183 g/mol. The zero-order chi connectivity index (χ0) is 8.72. The molecule has 2 rings (SSSR count). The first kappa shape index (κ1) is 7.90. The maximum Gasteiger partial charge on any atom is 0.0442 e. The molecule has 0 unspecified atom stereocenters. The molecule has 0 saturated carbocycles. The molecular weight excluding hydrogens is 172 g/mol. The molecule has 0 saturated heterocycles. The fraction of sp³-hybridized carbons (Fsp3) is 0.333. The van der Waals surface area contributed by atoms with Crippen LogP contribution in [0, 0.1) is 0 Å². The molecule has 1 atom stereocenters. The van der Waals surface area contributed by atoms with Crippen molar-refractivity contribution in [3.63, 3.8) is 0 Å². The van der Waals surface area contributed by atoms with Crippen LogP contribution in [0.4, 0.5) is 5.69 Å². The summed E-state index contributed by atoms with van der Waals surface area (Å²) in [5, 5.41) is 0.798. The Morgan fingerprint density at radius 2 is 2.17 bits per heavy atom. The summed E-state index contributed by atoms with van der Waals surface area (Å²) < 4.78 is 0. The number of halogens is 1. The molecule has 0 aromatic heterocycles. The Bertz CT molecular complexity index is 323. The number of nitrogen functional groups attached to an aromatic ring is 1. The van der Waals surface area contributed by atoms with Crippen LogP contribution in [0.2, 0.25) is 5.02 Å². The van der Waals surface area contributed by atoms with Gasteiger partial charge in [0.25, 0.3) is 0 Å². The molecule has 12 heavy (non-hydrogen) atoms. The first-order chi connectivity index (χ1) is 5.70. The van der Waals surface area contributed by atoms with Crippen molar-refractivity contribution in [3.8, 4) is 0 Å². The first-order valence-electron chi connectivity index (χ1n) is 4.02. The monoisotopic (exact) mass is 182 g/mol. The molecule has 4 N–H and O–H groups in total. The second-order valence-electron chi connectivity index (χ2n) is 3.17. The van der Waals surface area contributed by atoms with Gasteiger partial charge in [0.1, 0.15) is 0 Å². The van der Waals surface area contributed by atoms with Crippen LogP contribution in [0.3, 0.4) is 0 Å². The third-order valence-electron chi connectivity index (χ3n) is 2.41. The fourth-order valence-corrected chi connectivity index (χ4v) is 2.05. The number of hydrogen-bond donors (Lipinski definition) is 2. The highest BCUT2D eigenvalue weighted by Crippen LogP contribution is 2.37. The Hall–Kier alpha value is -0.730. The molecular formula is C9H11ClN2. The minimum atomic E-state index is 0.0821. The number of hydrogen-bond acceptors (Lipinski definition) is 2. The molecule has 0 radical (unpaired) electrons. The van der Waals surface area contributed by atoms with Crippen LogP contribution in [-0.4, -0.2) is 0 Å². The maximum absolute atomic E-state index is 6.00. The minimum Gasteiger partial charge on any atom is -0.398 e. The average Bonchev–Trinajstić information content (AvgIpc) is 2.42. The fourth-order valence-electron chi connectivity index (χ4n) is 1.79. The highest BCUT2D eigenvalue weighted by molar-refractivity contribution is 6.31. The van der Waals surface area contributed by atoms with Gasteiger partial charge in [-0.15, -0.1) is 0 Å². The molecule has 0 bridgehead atoms. The number of rotatable bonds is 0. The van der Waals surface area contributed by atoms with Gasteiger partial charge in [0.2, 0.25) is 0 Å². The molecule has 3 heteroatoms. The van der Waals surface area contributed by atoms with Crippen molar-refractivity contribution in [1.82, 2.24) is 0 Å². The van der Waals surface area contributed by atoms with Gasteiger partial charge in [0.05, 0.1) is 0 Å². The molecule has 0 spiro atoms. The van der Waals surface area contributed by atoms with Gasteiger partial charge in [0, 0.05) is 16.8 Å². The molecule has 2 nitrogen and oxygen atoms in total. The van der Waals surface area contributed by atoms with Crippen LogP contribution < -0.4 is 11.5 Å². The van der Waals surface area contributed by atoms with Crippen LogP contribution in [0.25, 0.3) is 0 Å². The largest absolute Gasteiger partial charge is 0.398 e. The summed E-state index contributed by atoms with van der Waals surface area (Å²) >= 11 is 6.00. The molecule has 1 aliphatic rings. The van der Waals surface area contributed by atoms with E-state index in [0.717, 1.165) is 34.7 Å². The first-order valence-corrected chi connectivity index (χ1v) is 4.40. The van der Waals surface area contributed by atoms with Crippen molar-refractivity contribution in [1.29, 1.82) is 0 Å². The van der Waals surface area contributed by atoms with Crippen molar-refractivity contribution >= 4 is 17.3 Å². The van der Waals surface area contributed by atoms with Crippen LogP contribution in [-0.2, 0) is 6.42 Å². The van der Waals surface area contributed by atoms with E-state index >= 15 is 0 Å². The van der Waals surface area contributed by atoms with Gasteiger partial charge in [-0.2, -0.15) is 0 Å². The van der Waals surface area contributed by atoms with Crippen molar-refractivity contribution < 1.29 is 0 Å². The molecule has 0 heterocycles. The molecule has 64 valence electrons. The number of anilines is 1. The lowest BCUT2D eigenvalue weighted by Gasteiger charge is -2.08. The van der Waals surface area contributed by atoms with E-state index in [-0.39, 0.29) is 6.04 Å². The maximum atomic E-state index is 6.00. The molecule has 1 aromatic rings. The molecule has 0 amide bonds. The number of benzene rings is 1. The predicted molar refractivity (Wildman–Crippen MR) is 51.1 cm³/mol. The van der Waals surface area contributed by atoms with E-state index in [0.29, 0.717) is 0 Å². The van der Waals surface area contributed by atoms with Gasteiger partial charge in [-0.1, -0.05) is 11.6 Å². The SMILES string of the molecule is Nc1ccc(Cl)c2c1[C@@H](N)CC2. The van der Waals surface area contributed by atoms with E-state index < -0.39 is 0 Å². The van der Waals surface area contributed by atoms with Crippen LogP contribution >= 0.6 is 11.6 Å². The Morgan fingerprint density at radius 3 is 2.83 bits per heavy atom. The van der Waals surface area contributed by atoms with Crippen molar-refractivity contribution in [2.75, 3.05) is 5.73 Å². The Kier molecular flexibility index (Phi) is 1.74. The predicted octanol–water partition coefficient (Wildman–Crippen LogP) is 1.87. The molecule has 0 aliphatic heterocycles. The summed E-state index contributed by atoms with van der Waals surface area (Å²) in [6.07, 6.45) is 1.92. The lowest BCUT2D eigenvalue weighted by Crippen LogP contribution is -2.08. The second kappa shape index (κ2) is 2.64. The number of fused-ring (bicyclic) bond motifs is 1. The van der Waals surface area contributed by atoms with E-state index in [4.69, 9.17) is 23.1 Å². The third-order valence-corrected chi connectivity index (χ3v) is 2.76. The summed E-state index contributed by atoms with van der Waals surface area (Å²) in [5.74, 6) is 0. The van der Waals surface area contributed by atoms with Gasteiger partial charge in [-0.05, 0) is 36.1 Å².